The average molecular weight is 166 g/mol. The maximum Gasteiger partial charge on any atom is 0.146 e. The Bertz CT molecular complexity index is 283. The number of halogens is 1. The van der Waals surface area contributed by atoms with E-state index in [0.29, 0.717) is 0 Å². The minimum absolute atomic E-state index is 0.0292. The Kier molecular flexibility index (Phi) is 2.98. The van der Waals surface area contributed by atoms with Crippen molar-refractivity contribution in [1.29, 1.82) is 0 Å². The Morgan fingerprint density at radius 1 is 1.83 bits per heavy atom. The van der Waals surface area contributed by atoms with Gasteiger partial charge in [-0.3, -0.25) is 0 Å². The van der Waals surface area contributed by atoms with E-state index in [9.17, 15) is 4.39 Å². The summed E-state index contributed by atoms with van der Waals surface area (Å²) in [7, 11) is 5.27. The van der Waals surface area contributed by atoms with E-state index in [0.717, 1.165) is 0 Å². The van der Waals surface area contributed by atoms with Crippen molar-refractivity contribution in [2.24, 2.45) is 5.73 Å². The van der Waals surface area contributed by atoms with Gasteiger partial charge in [0.1, 0.15) is 13.7 Å². The molecule has 0 aliphatic carbocycles. The fourth-order valence-corrected chi connectivity index (χ4v) is 0.738. The smallest absolute Gasteiger partial charge is 0.146 e. The third-order valence-electron chi connectivity index (χ3n) is 1.21. The van der Waals surface area contributed by atoms with Crippen LogP contribution in [-0.4, -0.2) is 29.4 Å². The predicted octanol–water partition coefficient (Wildman–Crippen LogP) is -1.12. The number of allylic oxidation sites excluding steroid dienone is 1. The molecular formula is C6H8BFN4. The first-order valence-electron chi connectivity index (χ1n) is 3.42. The van der Waals surface area contributed by atoms with Crippen LogP contribution in [0.3, 0.4) is 0 Å². The Morgan fingerprint density at radius 3 is 3.08 bits per heavy atom. The molecule has 0 spiro atoms. The zero-order chi connectivity index (χ0) is 8.97. The molecule has 4 nitrogen and oxygen atoms in total. The van der Waals surface area contributed by atoms with Crippen molar-refractivity contribution in [3.05, 3.63) is 18.1 Å². The lowest BCUT2D eigenvalue weighted by Crippen LogP contribution is -2.03. The summed E-state index contributed by atoms with van der Waals surface area (Å²) in [5.74, 6) is -0.345. The molecule has 1 aromatic heterocycles. The molecule has 0 amide bonds. The predicted molar refractivity (Wildman–Crippen MR) is 43.7 cm³/mol. The highest BCUT2D eigenvalue weighted by molar-refractivity contribution is 6.30. The van der Waals surface area contributed by atoms with Gasteiger partial charge in [0.2, 0.25) is 0 Å². The minimum atomic E-state index is -0.345. The molecule has 0 aliphatic heterocycles. The first kappa shape index (κ1) is 8.93. The van der Waals surface area contributed by atoms with Crippen molar-refractivity contribution in [2.45, 2.75) is 6.54 Å². The van der Waals surface area contributed by atoms with Gasteiger partial charge < -0.3 is 5.73 Å². The van der Waals surface area contributed by atoms with Gasteiger partial charge in [0.15, 0.2) is 0 Å². The number of hydrogen-bond donors (Lipinski definition) is 1. The molecule has 1 heterocycles. The normalized spacial score (nSPS) is 12.0. The lowest BCUT2D eigenvalue weighted by molar-refractivity contribution is 0.516. The van der Waals surface area contributed by atoms with Crippen molar-refractivity contribution in [1.82, 2.24) is 15.0 Å². The fraction of sp³-hybridized carbons (Fsp3) is 0.333. The van der Waals surface area contributed by atoms with E-state index in [1.165, 1.54) is 17.0 Å². The summed E-state index contributed by atoms with van der Waals surface area (Å²) >= 11 is 0. The van der Waals surface area contributed by atoms with Crippen molar-refractivity contribution < 1.29 is 4.39 Å². The molecule has 0 aromatic carbocycles. The van der Waals surface area contributed by atoms with Gasteiger partial charge in [-0.05, 0) is 6.08 Å². The van der Waals surface area contributed by atoms with Crippen LogP contribution in [0, 0.1) is 0 Å². The summed E-state index contributed by atoms with van der Waals surface area (Å²) < 4.78 is 14.1. The summed E-state index contributed by atoms with van der Waals surface area (Å²) in [5, 5.41) is 7.05. The van der Waals surface area contributed by atoms with Crippen LogP contribution in [0.25, 0.3) is 0 Å². The van der Waals surface area contributed by atoms with E-state index in [2.05, 4.69) is 10.3 Å². The summed E-state index contributed by atoms with van der Waals surface area (Å²) in [6, 6.07) is 0. The molecule has 0 unspecified atom stereocenters. The van der Waals surface area contributed by atoms with Crippen molar-refractivity contribution in [2.75, 3.05) is 6.54 Å². The average Bonchev–Trinajstić information content (AvgIpc) is 2.36. The summed E-state index contributed by atoms with van der Waals surface area (Å²) in [4.78, 5) is 0. The minimum Gasteiger partial charge on any atom is -0.327 e. The Balaban J connectivity index is 2.58. The van der Waals surface area contributed by atoms with Gasteiger partial charge in [0, 0.05) is 18.3 Å². The molecule has 12 heavy (non-hydrogen) atoms. The first-order valence-corrected chi connectivity index (χ1v) is 3.42. The second-order valence-corrected chi connectivity index (χ2v) is 2.23. The van der Waals surface area contributed by atoms with E-state index < -0.39 is 0 Å². The molecule has 0 atom stereocenters. The van der Waals surface area contributed by atoms with Gasteiger partial charge in [-0.2, -0.15) is 0 Å². The Hall–Kier alpha value is -1.17. The lowest BCUT2D eigenvalue weighted by Gasteiger charge is -1.95. The molecule has 6 heteroatoms. The van der Waals surface area contributed by atoms with E-state index >= 15 is 0 Å². The standard InChI is InChI=1S/C6H8BFN4/c7-6-4-12(11-10-6)3-5(8)1-2-9/h1,4H,2-3,9H2/b5-1-. The lowest BCUT2D eigenvalue weighted by atomic mass is 10.1. The molecule has 0 saturated carbocycles. The second-order valence-electron chi connectivity index (χ2n) is 2.23. The van der Waals surface area contributed by atoms with Crippen LogP contribution < -0.4 is 11.3 Å². The molecule has 2 radical (unpaired) electrons. The third-order valence-corrected chi connectivity index (χ3v) is 1.21. The quantitative estimate of drug-likeness (QED) is 0.578. The van der Waals surface area contributed by atoms with E-state index in [1.807, 2.05) is 0 Å². The summed E-state index contributed by atoms with van der Waals surface area (Å²) in [5.41, 5.74) is 5.38. The summed E-state index contributed by atoms with van der Waals surface area (Å²) in [6.45, 7) is 0.206. The Labute approximate surface area is 70.7 Å². The maximum atomic E-state index is 12.7. The Morgan fingerprint density at radius 2 is 2.58 bits per heavy atom. The van der Waals surface area contributed by atoms with E-state index in [1.54, 1.807) is 0 Å². The van der Waals surface area contributed by atoms with E-state index in [4.69, 9.17) is 13.6 Å². The van der Waals surface area contributed by atoms with Crippen LogP contribution in [0.4, 0.5) is 4.39 Å². The monoisotopic (exact) mass is 166 g/mol. The van der Waals surface area contributed by atoms with Crippen LogP contribution in [0.2, 0.25) is 0 Å². The first-order chi connectivity index (χ1) is 5.72. The van der Waals surface area contributed by atoms with E-state index in [-0.39, 0.29) is 24.5 Å². The van der Waals surface area contributed by atoms with Gasteiger partial charge >= 0.3 is 0 Å². The van der Waals surface area contributed by atoms with Crippen LogP contribution in [0.1, 0.15) is 0 Å². The van der Waals surface area contributed by atoms with Gasteiger partial charge in [-0.15, -0.1) is 5.10 Å². The van der Waals surface area contributed by atoms with Gasteiger partial charge in [-0.1, -0.05) is 5.21 Å². The SMILES string of the molecule is [B]c1cn(C/C(F)=C/CN)nn1. The van der Waals surface area contributed by atoms with Gasteiger partial charge in [0.25, 0.3) is 0 Å². The van der Waals surface area contributed by atoms with Crippen molar-refractivity contribution in [3.8, 4) is 0 Å². The molecule has 2 N–H and O–H groups in total. The van der Waals surface area contributed by atoms with Crippen LogP contribution in [-0.2, 0) is 6.54 Å². The number of aromatic nitrogens is 3. The van der Waals surface area contributed by atoms with Gasteiger partial charge in [-0.25, -0.2) is 9.07 Å². The molecule has 1 aromatic rings. The molecule has 62 valence electrons. The fourth-order valence-electron chi connectivity index (χ4n) is 0.738. The third kappa shape index (κ3) is 2.46. The number of nitrogens with zero attached hydrogens (tertiary/aromatic N) is 3. The molecule has 0 bridgehead atoms. The largest absolute Gasteiger partial charge is 0.327 e. The maximum absolute atomic E-state index is 12.7. The molecule has 0 aliphatic rings. The van der Waals surface area contributed by atoms with Crippen LogP contribution in [0.5, 0.6) is 0 Å². The van der Waals surface area contributed by atoms with Crippen LogP contribution in [0.15, 0.2) is 18.1 Å². The van der Waals surface area contributed by atoms with Crippen molar-refractivity contribution >= 4 is 13.4 Å². The highest BCUT2D eigenvalue weighted by Gasteiger charge is 1.98. The molecule has 0 saturated heterocycles. The molecular weight excluding hydrogens is 158 g/mol. The summed E-state index contributed by atoms with van der Waals surface area (Å²) in [6.07, 6.45) is 2.72. The zero-order valence-corrected chi connectivity index (χ0v) is 6.44. The topological polar surface area (TPSA) is 56.7 Å². The van der Waals surface area contributed by atoms with Gasteiger partial charge in [0.05, 0.1) is 6.54 Å². The number of hydrogen-bond acceptors (Lipinski definition) is 3. The second kappa shape index (κ2) is 4.01. The highest BCUT2D eigenvalue weighted by Crippen LogP contribution is 1.97. The van der Waals surface area contributed by atoms with Crippen molar-refractivity contribution in [3.63, 3.8) is 0 Å². The molecule has 1 rings (SSSR count). The van der Waals surface area contributed by atoms with Crippen LogP contribution >= 0.6 is 0 Å². The highest BCUT2D eigenvalue weighted by atomic mass is 19.1. The number of nitrogens with two attached hydrogens (primary N) is 1. The molecule has 0 fully saturated rings. The number of rotatable bonds is 3. The zero-order valence-electron chi connectivity index (χ0n) is 6.44.